The third-order valence-electron chi connectivity index (χ3n) is 3.35. The van der Waals surface area contributed by atoms with E-state index >= 15 is 0 Å². The molecule has 21 heavy (non-hydrogen) atoms. The number of amides is 2. The maximum atomic E-state index is 12.8. The summed E-state index contributed by atoms with van der Waals surface area (Å²) >= 11 is 0. The first kappa shape index (κ1) is 15.3. The van der Waals surface area contributed by atoms with E-state index in [1.807, 2.05) is 13.8 Å². The number of hydrazine groups is 1. The molecule has 1 heterocycles. The van der Waals surface area contributed by atoms with Crippen LogP contribution in [-0.4, -0.2) is 29.8 Å². The molecule has 1 aliphatic heterocycles. The van der Waals surface area contributed by atoms with Crippen LogP contribution in [0.3, 0.4) is 0 Å². The van der Waals surface area contributed by atoms with Crippen molar-refractivity contribution in [2.75, 3.05) is 18.5 Å². The molecule has 2 N–H and O–H groups in total. The number of carbonyl (C=O) groups excluding carboxylic acids is 2. The molecule has 2 rings (SSSR count). The van der Waals surface area contributed by atoms with Gasteiger partial charge < -0.3 is 4.90 Å². The lowest BCUT2D eigenvalue weighted by Crippen LogP contribution is -2.37. The van der Waals surface area contributed by atoms with Crippen molar-refractivity contribution in [1.29, 1.82) is 0 Å². The normalized spacial score (nSPS) is 18.2. The summed E-state index contributed by atoms with van der Waals surface area (Å²) in [5, 5.41) is 0. The molecule has 0 saturated carbocycles. The Kier molecular flexibility index (Phi) is 4.77. The highest BCUT2D eigenvalue weighted by Gasteiger charge is 2.34. The predicted molar refractivity (Wildman–Crippen MR) is 77.7 cm³/mol. The molecular formula is C15H20FN3O2. The Morgan fingerprint density at radius 3 is 2.67 bits per heavy atom. The Balaban J connectivity index is 1.84. The van der Waals surface area contributed by atoms with E-state index in [1.54, 1.807) is 4.90 Å². The van der Waals surface area contributed by atoms with Gasteiger partial charge in [0, 0.05) is 19.5 Å². The second kappa shape index (κ2) is 6.56. The first-order valence-corrected chi connectivity index (χ1v) is 7.05. The molecule has 0 aromatic heterocycles. The average Bonchev–Trinajstić information content (AvgIpc) is 2.78. The molecule has 1 aromatic rings. The third kappa shape index (κ3) is 4.18. The third-order valence-corrected chi connectivity index (χ3v) is 3.35. The van der Waals surface area contributed by atoms with E-state index in [9.17, 15) is 14.0 Å². The molecule has 2 amide bonds. The van der Waals surface area contributed by atoms with E-state index in [4.69, 9.17) is 0 Å². The van der Waals surface area contributed by atoms with Gasteiger partial charge in [0.2, 0.25) is 11.8 Å². The molecule has 1 saturated heterocycles. The lowest BCUT2D eigenvalue weighted by molar-refractivity contribution is -0.129. The molecule has 0 aliphatic carbocycles. The van der Waals surface area contributed by atoms with Crippen molar-refractivity contribution in [3.8, 4) is 0 Å². The van der Waals surface area contributed by atoms with Crippen molar-refractivity contribution in [2.24, 2.45) is 11.8 Å². The number of hydrogen-bond donors (Lipinski definition) is 2. The minimum absolute atomic E-state index is 0.0191. The number of hydrogen-bond acceptors (Lipinski definition) is 3. The van der Waals surface area contributed by atoms with Gasteiger partial charge in [-0.15, -0.1) is 0 Å². The first-order valence-electron chi connectivity index (χ1n) is 7.05. The van der Waals surface area contributed by atoms with E-state index in [0.29, 0.717) is 24.7 Å². The molecule has 6 heteroatoms. The SMILES string of the molecule is CC(C)CN1CC(C(=O)NNc2ccc(F)cc2)CC1=O. The summed E-state index contributed by atoms with van der Waals surface area (Å²) in [7, 11) is 0. The van der Waals surface area contributed by atoms with Crippen molar-refractivity contribution in [2.45, 2.75) is 20.3 Å². The second-order valence-electron chi connectivity index (χ2n) is 5.71. The zero-order chi connectivity index (χ0) is 15.4. The van der Waals surface area contributed by atoms with Gasteiger partial charge in [-0.3, -0.25) is 20.4 Å². The highest BCUT2D eigenvalue weighted by molar-refractivity contribution is 5.89. The van der Waals surface area contributed by atoms with Gasteiger partial charge in [-0.1, -0.05) is 13.8 Å². The topological polar surface area (TPSA) is 61.4 Å². The monoisotopic (exact) mass is 293 g/mol. The van der Waals surface area contributed by atoms with Gasteiger partial charge in [-0.05, 0) is 30.2 Å². The zero-order valence-corrected chi connectivity index (χ0v) is 12.2. The van der Waals surface area contributed by atoms with E-state index < -0.39 is 0 Å². The van der Waals surface area contributed by atoms with Crippen LogP contribution >= 0.6 is 0 Å². The molecule has 0 radical (unpaired) electrons. The van der Waals surface area contributed by atoms with Crippen LogP contribution in [0.2, 0.25) is 0 Å². The molecular weight excluding hydrogens is 273 g/mol. The lowest BCUT2D eigenvalue weighted by Gasteiger charge is -2.18. The van der Waals surface area contributed by atoms with Crippen LogP contribution < -0.4 is 10.9 Å². The van der Waals surface area contributed by atoms with E-state index in [-0.39, 0.29) is 30.0 Å². The van der Waals surface area contributed by atoms with Crippen LogP contribution in [0.4, 0.5) is 10.1 Å². The van der Waals surface area contributed by atoms with Crippen LogP contribution in [0.1, 0.15) is 20.3 Å². The molecule has 1 aliphatic rings. The van der Waals surface area contributed by atoms with Crippen molar-refractivity contribution < 1.29 is 14.0 Å². The largest absolute Gasteiger partial charge is 0.342 e. The molecule has 1 atom stereocenters. The molecule has 5 nitrogen and oxygen atoms in total. The molecule has 1 aromatic carbocycles. The number of carbonyl (C=O) groups is 2. The number of anilines is 1. The standard InChI is InChI=1S/C15H20FN3O2/c1-10(2)8-19-9-11(7-14(19)20)15(21)18-17-13-5-3-12(16)4-6-13/h3-6,10-11,17H,7-9H2,1-2H3,(H,18,21). The fourth-order valence-electron chi connectivity index (χ4n) is 2.33. The molecule has 0 bridgehead atoms. The van der Waals surface area contributed by atoms with Gasteiger partial charge in [-0.2, -0.15) is 0 Å². The van der Waals surface area contributed by atoms with Crippen LogP contribution in [0, 0.1) is 17.7 Å². The Hall–Kier alpha value is -2.11. The van der Waals surface area contributed by atoms with Crippen molar-refractivity contribution in [3.63, 3.8) is 0 Å². The van der Waals surface area contributed by atoms with Gasteiger partial charge >= 0.3 is 0 Å². The maximum absolute atomic E-state index is 12.8. The smallest absolute Gasteiger partial charge is 0.243 e. The Bertz CT molecular complexity index is 516. The van der Waals surface area contributed by atoms with Crippen molar-refractivity contribution in [1.82, 2.24) is 10.3 Å². The van der Waals surface area contributed by atoms with E-state index in [2.05, 4.69) is 10.9 Å². The number of nitrogens with zero attached hydrogens (tertiary/aromatic N) is 1. The quantitative estimate of drug-likeness (QED) is 0.813. The minimum atomic E-state index is -0.343. The van der Waals surface area contributed by atoms with Crippen molar-refractivity contribution in [3.05, 3.63) is 30.1 Å². The number of nitrogens with one attached hydrogen (secondary N) is 2. The lowest BCUT2D eigenvalue weighted by atomic mass is 10.1. The minimum Gasteiger partial charge on any atom is -0.342 e. The summed E-state index contributed by atoms with van der Waals surface area (Å²) in [6, 6.07) is 5.66. The second-order valence-corrected chi connectivity index (χ2v) is 5.71. The summed E-state index contributed by atoms with van der Waals surface area (Å²) in [5.74, 6) is -0.501. The molecule has 1 fully saturated rings. The fourth-order valence-corrected chi connectivity index (χ4v) is 2.33. The molecule has 0 spiro atoms. The fraction of sp³-hybridized carbons (Fsp3) is 0.467. The number of benzene rings is 1. The highest BCUT2D eigenvalue weighted by Crippen LogP contribution is 2.19. The summed E-state index contributed by atoms with van der Waals surface area (Å²) in [4.78, 5) is 25.6. The highest BCUT2D eigenvalue weighted by atomic mass is 19.1. The van der Waals surface area contributed by atoms with Gasteiger partial charge in [0.25, 0.3) is 0 Å². The first-order chi connectivity index (χ1) is 9.95. The van der Waals surface area contributed by atoms with Crippen LogP contribution in [-0.2, 0) is 9.59 Å². The van der Waals surface area contributed by atoms with E-state index in [0.717, 1.165) is 0 Å². The van der Waals surface area contributed by atoms with Crippen LogP contribution in [0.5, 0.6) is 0 Å². The summed E-state index contributed by atoms with van der Waals surface area (Å²) in [6.45, 7) is 5.20. The Morgan fingerprint density at radius 1 is 1.38 bits per heavy atom. The predicted octanol–water partition coefficient (Wildman–Crippen LogP) is 1.77. The van der Waals surface area contributed by atoms with E-state index in [1.165, 1.54) is 24.3 Å². The van der Waals surface area contributed by atoms with Gasteiger partial charge in [-0.25, -0.2) is 4.39 Å². The van der Waals surface area contributed by atoms with Crippen LogP contribution in [0.15, 0.2) is 24.3 Å². The van der Waals surface area contributed by atoms with Gasteiger partial charge in [0.1, 0.15) is 5.82 Å². The number of likely N-dealkylation sites (tertiary alicyclic amines) is 1. The summed E-state index contributed by atoms with van der Waals surface area (Å²) in [5.41, 5.74) is 5.88. The Morgan fingerprint density at radius 2 is 2.05 bits per heavy atom. The summed E-state index contributed by atoms with van der Waals surface area (Å²) in [6.07, 6.45) is 0.240. The molecule has 114 valence electrons. The number of rotatable bonds is 5. The van der Waals surface area contributed by atoms with Crippen molar-refractivity contribution >= 4 is 17.5 Å². The number of halogens is 1. The molecule has 1 unspecified atom stereocenters. The zero-order valence-electron chi connectivity index (χ0n) is 12.2. The average molecular weight is 293 g/mol. The Labute approximate surface area is 123 Å². The maximum Gasteiger partial charge on any atom is 0.243 e. The van der Waals surface area contributed by atoms with Crippen LogP contribution in [0.25, 0.3) is 0 Å². The van der Waals surface area contributed by atoms with Gasteiger partial charge in [0.05, 0.1) is 11.6 Å². The summed E-state index contributed by atoms with van der Waals surface area (Å²) < 4.78 is 12.8. The van der Waals surface area contributed by atoms with Gasteiger partial charge in [0.15, 0.2) is 0 Å².